The van der Waals surface area contributed by atoms with Crippen LogP contribution in [0.5, 0.6) is 5.75 Å². The van der Waals surface area contributed by atoms with E-state index in [0.717, 1.165) is 0 Å². The Morgan fingerprint density at radius 1 is 1.35 bits per heavy atom. The molecule has 20 heavy (non-hydrogen) atoms. The molecule has 0 aliphatic carbocycles. The van der Waals surface area contributed by atoms with Crippen molar-refractivity contribution in [1.29, 1.82) is 5.26 Å². The van der Waals surface area contributed by atoms with Gasteiger partial charge in [0.25, 0.3) is 10.0 Å². The summed E-state index contributed by atoms with van der Waals surface area (Å²) in [5, 5.41) is 8.87. The molecule has 0 fully saturated rings. The molecule has 0 radical (unpaired) electrons. The van der Waals surface area contributed by atoms with Gasteiger partial charge >= 0.3 is 0 Å². The van der Waals surface area contributed by atoms with Gasteiger partial charge in [-0.25, -0.2) is 8.42 Å². The van der Waals surface area contributed by atoms with Gasteiger partial charge in [0.05, 0.1) is 30.6 Å². The van der Waals surface area contributed by atoms with Gasteiger partial charge in [0.2, 0.25) is 0 Å². The van der Waals surface area contributed by atoms with Gasteiger partial charge in [-0.15, -0.1) is 0 Å². The first-order valence-electron chi connectivity index (χ1n) is 5.58. The molecule has 0 atom stereocenters. The van der Waals surface area contributed by atoms with Crippen LogP contribution in [0, 0.1) is 11.3 Å². The van der Waals surface area contributed by atoms with Crippen molar-refractivity contribution in [2.24, 2.45) is 0 Å². The summed E-state index contributed by atoms with van der Waals surface area (Å²) in [4.78, 5) is 3.73. The van der Waals surface area contributed by atoms with E-state index in [9.17, 15) is 8.42 Å². The highest BCUT2D eigenvalue weighted by Crippen LogP contribution is 2.26. The van der Waals surface area contributed by atoms with Gasteiger partial charge in [0.15, 0.2) is 0 Å². The van der Waals surface area contributed by atoms with Crippen LogP contribution in [-0.4, -0.2) is 20.5 Å². The van der Waals surface area contributed by atoms with Gasteiger partial charge in [0.1, 0.15) is 10.6 Å². The number of hydrogen-bond donors (Lipinski definition) is 1. The second-order valence-corrected chi connectivity index (χ2v) is 5.48. The number of sulfonamides is 1. The number of benzene rings is 1. The zero-order chi connectivity index (χ0) is 14.6. The van der Waals surface area contributed by atoms with E-state index >= 15 is 0 Å². The third-order valence-corrected chi connectivity index (χ3v) is 3.90. The van der Waals surface area contributed by atoms with Gasteiger partial charge in [-0.3, -0.25) is 9.71 Å². The lowest BCUT2D eigenvalue weighted by atomic mass is 10.2. The van der Waals surface area contributed by atoms with Crippen LogP contribution in [-0.2, 0) is 10.0 Å². The largest absolute Gasteiger partial charge is 0.495 e. The van der Waals surface area contributed by atoms with Crippen LogP contribution in [0.2, 0.25) is 0 Å². The minimum absolute atomic E-state index is 0.0945. The van der Waals surface area contributed by atoms with Gasteiger partial charge in [-0.2, -0.15) is 5.26 Å². The summed E-state index contributed by atoms with van der Waals surface area (Å²) >= 11 is 0. The number of nitriles is 1. The average molecular weight is 289 g/mol. The van der Waals surface area contributed by atoms with Crippen LogP contribution >= 0.6 is 0 Å². The molecule has 102 valence electrons. The van der Waals surface area contributed by atoms with Crippen molar-refractivity contribution in [1.82, 2.24) is 4.98 Å². The van der Waals surface area contributed by atoms with Crippen LogP contribution in [0.1, 0.15) is 5.56 Å². The summed E-state index contributed by atoms with van der Waals surface area (Å²) in [6, 6.07) is 9.27. The Morgan fingerprint density at radius 3 is 2.75 bits per heavy atom. The van der Waals surface area contributed by atoms with Crippen LogP contribution in [0.15, 0.2) is 47.6 Å². The minimum atomic E-state index is -3.85. The molecule has 7 heteroatoms. The van der Waals surface area contributed by atoms with Crippen molar-refractivity contribution < 1.29 is 13.2 Å². The number of aromatic nitrogens is 1. The van der Waals surface area contributed by atoms with Crippen molar-refractivity contribution in [3.63, 3.8) is 0 Å². The molecular weight excluding hydrogens is 278 g/mol. The van der Waals surface area contributed by atoms with Gasteiger partial charge in [-0.1, -0.05) is 0 Å². The molecule has 1 aromatic carbocycles. The SMILES string of the molecule is COc1ccc(C#N)cc1S(=O)(=O)Nc1cccnc1. The van der Waals surface area contributed by atoms with Crippen molar-refractivity contribution in [2.75, 3.05) is 11.8 Å². The molecule has 1 heterocycles. The predicted octanol–water partition coefficient (Wildman–Crippen LogP) is 1.76. The maximum Gasteiger partial charge on any atom is 0.265 e. The minimum Gasteiger partial charge on any atom is -0.495 e. The van der Waals surface area contributed by atoms with E-state index in [1.807, 2.05) is 6.07 Å². The first kappa shape index (κ1) is 13.8. The topological polar surface area (TPSA) is 92.1 Å². The number of nitrogens with one attached hydrogen (secondary N) is 1. The predicted molar refractivity (Wildman–Crippen MR) is 72.8 cm³/mol. The smallest absolute Gasteiger partial charge is 0.265 e. The van der Waals surface area contributed by atoms with Gasteiger partial charge in [-0.05, 0) is 30.3 Å². The lowest BCUT2D eigenvalue weighted by Crippen LogP contribution is -2.14. The zero-order valence-electron chi connectivity index (χ0n) is 10.6. The molecule has 1 aromatic heterocycles. The molecule has 2 aromatic rings. The second-order valence-electron chi connectivity index (χ2n) is 3.82. The highest BCUT2D eigenvalue weighted by atomic mass is 32.2. The standard InChI is InChI=1S/C13H11N3O3S/c1-19-12-5-4-10(8-14)7-13(12)20(17,18)16-11-3-2-6-15-9-11/h2-7,9,16H,1H3. The molecule has 0 saturated heterocycles. The first-order valence-corrected chi connectivity index (χ1v) is 7.06. The highest BCUT2D eigenvalue weighted by Gasteiger charge is 2.20. The molecule has 0 bridgehead atoms. The van der Waals surface area contributed by atoms with Crippen LogP contribution in [0.4, 0.5) is 5.69 Å². The number of nitrogens with zero attached hydrogens (tertiary/aromatic N) is 2. The van der Waals surface area contributed by atoms with E-state index in [2.05, 4.69) is 9.71 Å². The molecule has 0 unspecified atom stereocenters. The summed E-state index contributed by atoms with van der Waals surface area (Å²) < 4.78 is 32.0. The van der Waals surface area contributed by atoms with Gasteiger partial charge < -0.3 is 4.74 Å². The fourth-order valence-electron chi connectivity index (χ4n) is 1.59. The Labute approximate surface area is 116 Å². The number of anilines is 1. The summed E-state index contributed by atoms with van der Waals surface area (Å²) in [6.07, 6.45) is 2.92. The summed E-state index contributed by atoms with van der Waals surface area (Å²) in [6.45, 7) is 0. The number of rotatable bonds is 4. The fourth-order valence-corrected chi connectivity index (χ4v) is 2.83. The average Bonchev–Trinajstić information content (AvgIpc) is 2.47. The van der Waals surface area contributed by atoms with E-state index in [1.165, 1.54) is 37.7 Å². The molecule has 0 amide bonds. The number of hydrogen-bond acceptors (Lipinski definition) is 5. The van der Waals surface area contributed by atoms with Crippen molar-refractivity contribution in [3.8, 4) is 11.8 Å². The van der Waals surface area contributed by atoms with Crippen LogP contribution in [0.3, 0.4) is 0 Å². The van der Waals surface area contributed by atoms with E-state index in [4.69, 9.17) is 10.00 Å². The number of ether oxygens (including phenoxy) is 1. The first-order chi connectivity index (χ1) is 9.56. The van der Waals surface area contributed by atoms with Crippen molar-refractivity contribution in [2.45, 2.75) is 4.90 Å². The van der Waals surface area contributed by atoms with E-state index in [-0.39, 0.29) is 16.2 Å². The fraction of sp³-hybridized carbons (Fsp3) is 0.0769. The monoisotopic (exact) mass is 289 g/mol. The van der Waals surface area contributed by atoms with Crippen molar-refractivity contribution >= 4 is 15.7 Å². The molecule has 2 rings (SSSR count). The summed E-state index contributed by atoms with van der Waals surface area (Å²) in [5.41, 5.74) is 0.564. The normalized spacial score (nSPS) is 10.6. The molecule has 0 aliphatic rings. The third kappa shape index (κ3) is 2.87. The Bertz CT molecular complexity index is 752. The molecule has 1 N–H and O–H groups in total. The van der Waals surface area contributed by atoms with E-state index in [1.54, 1.807) is 12.1 Å². The highest BCUT2D eigenvalue weighted by molar-refractivity contribution is 7.92. The van der Waals surface area contributed by atoms with E-state index in [0.29, 0.717) is 5.69 Å². The Kier molecular flexibility index (Phi) is 3.86. The van der Waals surface area contributed by atoms with Crippen LogP contribution < -0.4 is 9.46 Å². The molecule has 0 aliphatic heterocycles. The maximum absolute atomic E-state index is 12.3. The Balaban J connectivity index is 2.46. The summed E-state index contributed by atoms with van der Waals surface area (Å²) in [5.74, 6) is 0.167. The Morgan fingerprint density at radius 2 is 2.15 bits per heavy atom. The van der Waals surface area contributed by atoms with E-state index < -0.39 is 10.0 Å². The third-order valence-electron chi connectivity index (χ3n) is 2.50. The second kappa shape index (κ2) is 5.59. The quantitative estimate of drug-likeness (QED) is 0.926. The van der Waals surface area contributed by atoms with Gasteiger partial charge in [0, 0.05) is 6.20 Å². The number of methoxy groups -OCH3 is 1. The molecular formula is C13H11N3O3S. The Hall–Kier alpha value is -2.59. The molecule has 0 saturated carbocycles. The lowest BCUT2D eigenvalue weighted by Gasteiger charge is -2.11. The van der Waals surface area contributed by atoms with Crippen LogP contribution in [0.25, 0.3) is 0 Å². The maximum atomic E-state index is 12.3. The zero-order valence-corrected chi connectivity index (χ0v) is 11.4. The van der Waals surface area contributed by atoms with Crippen molar-refractivity contribution in [3.05, 3.63) is 48.3 Å². The molecule has 0 spiro atoms. The number of pyridine rings is 1. The summed E-state index contributed by atoms with van der Waals surface area (Å²) in [7, 11) is -2.49. The lowest BCUT2D eigenvalue weighted by molar-refractivity contribution is 0.403. The molecule has 6 nitrogen and oxygen atoms in total.